The molecule has 2 aliphatic heterocycles. The van der Waals surface area contributed by atoms with Crippen LogP contribution in [0.15, 0.2) is 39.7 Å². The monoisotopic (exact) mass is 438 g/mol. The normalized spacial score (nSPS) is 20.1. The lowest BCUT2D eigenvalue weighted by Gasteiger charge is -2.24. The SMILES string of the molecule is CC(C)(O)[C@H]1Cc2cc(-c3coc4cc5c(c(O)c4c3=O)C[C@H](C(C)(C)O)O5)ccc2O1. The Kier molecular flexibility index (Phi) is 4.39. The molecule has 3 aromatic rings. The predicted octanol–water partition coefficient (Wildman–Crippen LogP) is 3.31. The molecule has 2 aliphatic rings. The highest BCUT2D eigenvalue weighted by atomic mass is 16.5. The van der Waals surface area contributed by atoms with Crippen molar-refractivity contribution < 1.29 is 29.2 Å². The van der Waals surface area contributed by atoms with Crippen LogP contribution in [0.2, 0.25) is 0 Å². The van der Waals surface area contributed by atoms with E-state index in [2.05, 4.69) is 0 Å². The average Bonchev–Trinajstić information content (AvgIpc) is 3.31. The van der Waals surface area contributed by atoms with Crippen molar-refractivity contribution in [3.05, 3.63) is 51.9 Å². The molecule has 2 aromatic carbocycles. The van der Waals surface area contributed by atoms with E-state index in [1.165, 1.54) is 6.26 Å². The van der Waals surface area contributed by atoms with Gasteiger partial charge in [-0.15, -0.1) is 0 Å². The first-order valence-corrected chi connectivity index (χ1v) is 10.6. The Bertz CT molecular complexity index is 1290. The molecule has 3 N–H and O–H groups in total. The maximum absolute atomic E-state index is 13.4. The Morgan fingerprint density at radius 1 is 0.938 bits per heavy atom. The fourth-order valence-corrected chi connectivity index (χ4v) is 4.37. The van der Waals surface area contributed by atoms with Crippen LogP contribution in [-0.2, 0) is 12.8 Å². The molecule has 0 amide bonds. The van der Waals surface area contributed by atoms with Gasteiger partial charge < -0.3 is 29.2 Å². The highest BCUT2D eigenvalue weighted by Gasteiger charge is 2.38. The number of fused-ring (bicyclic) bond motifs is 3. The van der Waals surface area contributed by atoms with Crippen LogP contribution in [0.25, 0.3) is 22.1 Å². The molecule has 7 heteroatoms. The van der Waals surface area contributed by atoms with Crippen molar-refractivity contribution in [3.8, 4) is 28.4 Å². The minimum absolute atomic E-state index is 0.0902. The van der Waals surface area contributed by atoms with Gasteiger partial charge in [-0.25, -0.2) is 0 Å². The third kappa shape index (κ3) is 3.24. The summed E-state index contributed by atoms with van der Waals surface area (Å²) in [5.41, 5.74) is 0.127. The summed E-state index contributed by atoms with van der Waals surface area (Å²) in [6, 6.07) is 6.99. The maximum atomic E-state index is 13.4. The standard InChI is InChI=1S/C25H26O7/c1-24(2,28)19-8-13-7-12(5-6-16(13)31-19)15-11-30-18-10-17-14(22(26)21(18)23(15)27)9-20(32-17)25(3,4)29/h5-7,10-11,19-20,26,28-29H,8-9H2,1-4H3/t19-,20-/m1/s1. The lowest BCUT2D eigenvalue weighted by molar-refractivity contribution is -0.0231. The Labute approximate surface area is 184 Å². The van der Waals surface area contributed by atoms with E-state index in [4.69, 9.17) is 13.9 Å². The van der Waals surface area contributed by atoms with Gasteiger partial charge in [0.15, 0.2) is 0 Å². The number of hydrogen-bond donors (Lipinski definition) is 3. The number of phenolic OH excluding ortho intramolecular Hbond substituents is 1. The summed E-state index contributed by atoms with van der Waals surface area (Å²) >= 11 is 0. The van der Waals surface area contributed by atoms with Gasteiger partial charge in [-0.3, -0.25) is 4.79 Å². The molecule has 0 radical (unpaired) electrons. The fourth-order valence-electron chi connectivity index (χ4n) is 4.37. The molecule has 168 valence electrons. The second-order valence-electron chi connectivity index (χ2n) is 9.80. The van der Waals surface area contributed by atoms with Gasteiger partial charge in [0.05, 0.1) is 16.8 Å². The second kappa shape index (κ2) is 6.73. The Hall–Kier alpha value is -3.03. The summed E-state index contributed by atoms with van der Waals surface area (Å²) < 4.78 is 17.4. The summed E-state index contributed by atoms with van der Waals surface area (Å²) in [5.74, 6) is 0.915. The number of aliphatic hydroxyl groups is 2. The van der Waals surface area contributed by atoms with Crippen LogP contribution in [0.5, 0.6) is 17.2 Å². The number of phenols is 1. The summed E-state index contributed by atoms with van der Waals surface area (Å²) in [6.07, 6.45) is 1.30. The largest absolute Gasteiger partial charge is 0.507 e. The van der Waals surface area contributed by atoms with Crippen molar-refractivity contribution >= 4 is 11.0 Å². The first-order valence-electron chi connectivity index (χ1n) is 10.6. The van der Waals surface area contributed by atoms with E-state index in [9.17, 15) is 20.1 Å². The average molecular weight is 438 g/mol. The molecular formula is C25H26O7. The minimum Gasteiger partial charge on any atom is -0.507 e. The predicted molar refractivity (Wildman–Crippen MR) is 118 cm³/mol. The van der Waals surface area contributed by atoms with Crippen molar-refractivity contribution in [1.82, 2.24) is 0 Å². The van der Waals surface area contributed by atoms with Crippen LogP contribution in [0.1, 0.15) is 38.8 Å². The summed E-state index contributed by atoms with van der Waals surface area (Å²) in [6.45, 7) is 6.69. The zero-order valence-corrected chi connectivity index (χ0v) is 18.4. The molecule has 1 aromatic heterocycles. The molecule has 0 aliphatic carbocycles. The molecule has 0 unspecified atom stereocenters. The van der Waals surface area contributed by atoms with Crippen molar-refractivity contribution in [2.24, 2.45) is 0 Å². The van der Waals surface area contributed by atoms with E-state index in [0.717, 1.165) is 5.56 Å². The number of aromatic hydroxyl groups is 1. The molecule has 0 spiro atoms. The zero-order chi connectivity index (χ0) is 23.0. The van der Waals surface area contributed by atoms with E-state index in [1.807, 2.05) is 6.07 Å². The molecular weight excluding hydrogens is 412 g/mol. The molecule has 5 rings (SSSR count). The molecule has 7 nitrogen and oxygen atoms in total. The van der Waals surface area contributed by atoms with Gasteiger partial charge in [0.1, 0.15) is 46.7 Å². The van der Waals surface area contributed by atoms with E-state index in [-0.39, 0.29) is 28.3 Å². The molecule has 2 atom stereocenters. The quantitative estimate of drug-likeness (QED) is 0.576. The van der Waals surface area contributed by atoms with Gasteiger partial charge in [-0.1, -0.05) is 6.07 Å². The first-order chi connectivity index (χ1) is 14.9. The lowest BCUT2D eigenvalue weighted by Crippen LogP contribution is -2.39. The fraction of sp³-hybridized carbons (Fsp3) is 0.400. The summed E-state index contributed by atoms with van der Waals surface area (Å²) in [7, 11) is 0. The van der Waals surface area contributed by atoms with E-state index in [0.29, 0.717) is 41.0 Å². The van der Waals surface area contributed by atoms with Crippen molar-refractivity contribution in [2.75, 3.05) is 0 Å². The van der Waals surface area contributed by atoms with Crippen molar-refractivity contribution in [2.45, 2.75) is 63.9 Å². The van der Waals surface area contributed by atoms with Gasteiger partial charge in [0.2, 0.25) is 5.43 Å². The highest BCUT2D eigenvalue weighted by Crippen LogP contribution is 2.43. The Morgan fingerprint density at radius 2 is 1.59 bits per heavy atom. The number of benzene rings is 2. The van der Waals surface area contributed by atoms with Gasteiger partial charge in [0.25, 0.3) is 0 Å². The third-order valence-electron chi connectivity index (χ3n) is 6.38. The molecule has 3 heterocycles. The van der Waals surface area contributed by atoms with Gasteiger partial charge >= 0.3 is 0 Å². The van der Waals surface area contributed by atoms with E-state index < -0.39 is 17.3 Å². The third-order valence-corrected chi connectivity index (χ3v) is 6.38. The number of ether oxygens (including phenoxy) is 2. The van der Waals surface area contributed by atoms with Crippen molar-refractivity contribution in [1.29, 1.82) is 0 Å². The van der Waals surface area contributed by atoms with E-state index >= 15 is 0 Å². The number of hydrogen-bond acceptors (Lipinski definition) is 7. The maximum Gasteiger partial charge on any atom is 0.204 e. The number of rotatable bonds is 3. The van der Waals surface area contributed by atoms with Crippen LogP contribution in [-0.4, -0.2) is 38.7 Å². The van der Waals surface area contributed by atoms with E-state index in [1.54, 1.807) is 45.9 Å². The van der Waals surface area contributed by atoms with Crippen molar-refractivity contribution in [3.63, 3.8) is 0 Å². The summed E-state index contributed by atoms with van der Waals surface area (Å²) in [5, 5.41) is 31.6. The molecule has 0 fully saturated rings. The zero-order valence-electron chi connectivity index (χ0n) is 18.4. The Balaban J connectivity index is 1.57. The van der Waals surface area contributed by atoms with Gasteiger partial charge in [-0.2, -0.15) is 0 Å². The molecule has 0 bridgehead atoms. The van der Waals surface area contributed by atoms with Gasteiger partial charge in [0, 0.05) is 24.5 Å². The van der Waals surface area contributed by atoms with Crippen LogP contribution >= 0.6 is 0 Å². The Morgan fingerprint density at radius 3 is 2.28 bits per heavy atom. The summed E-state index contributed by atoms with van der Waals surface area (Å²) in [4.78, 5) is 13.4. The topological polar surface area (TPSA) is 109 Å². The van der Waals surface area contributed by atoms with Crippen LogP contribution in [0, 0.1) is 0 Å². The van der Waals surface area contributed by atoms with Crippen LogP contribution in [0.4, 0.5) is 0 Å². The smallest absolute Gasteiger partial charge is 0.204 e. The van der Waals surface area contributed by atoms with Crippen LogP contribution in [0.3, 0.4) is 0 Å². The minimum atomic E-state index is -1.10. The molecule has 32 heavy (non-hydrogen) atoms. The van der Waals surface area contributed by atoms with Gasteiger partial charge in [-0.05, 0) is 51.0 Å². The molecule has 0 saturated carbocycles. The molecule has 0 saturated heterocycles. The lowest BCUT2D eigenvalue weighted by atomic mass is 9.94. The second-order valence-corrected chi connectivity index (χ2v) is 9.80. The first kappa shape index (κ1) is 20.8. The van der Waals surface area contributed by atoms with Crippen LogP contribution < -0.4 is 14.9 Å². The highest BCUT2D eigenvalue weighted by molar-refractivity contribution is 5.90.